The van der Waals surface area contributed by atoms with Crippen LogP contribution in [0.3, 0.4) is 0 Å². The molecule has 0 bridgehead atoms. The van der Waals surface area contributed by atoms with Crippen molar-refractivity contribution in [1.29, 1.82) is 0 Å². The molecule has 0 saturated heterocycles. The Morgan fingerprint density at radius 3 is 2.54 bits per heavy atom. The lowest BCUT2D eigenvalue weighted by molar-refractivity contribution is -0.153. The van der Waals surface area contributed by atoms with Crippen molar-refractivity contribution in [2.45, 2.75) is 20.8 Å². The standard InChI is InChI=1S/C9H12BrNO2/c1-9(2,3)8(12)13-11-5-4-7(10)6-11/h4-6H,1-3H3. The fourth-order valence-corrected chi connectivity index (χ4v) is 0.962. The smallest absolute Gasteiger partial charge is 0.336 e. The third kappa shape index (κ3) is 2.88. The Balaban J connectivity index is 2.65. The molecule has 0 saturated carbocycles. The van der Waals surface area contributed by atoms with Crippen LogP contribution in [-0.4, -0.2) is 10.7 Å². The molecule has 0 aromatic carbocycles. The van der Waals surface area contributed by atoms with E-state index >= 15 is 0 Å². The maximum Gasteiger partial charge on any atom is 0.338 e. The number of hydrogen-bond acceptors (Lipinski definition) is 2. The minimum absolute atomic E-state index is 0.254. The lowest BCUT2D eigenvalue weighted by Gasteiger charge is -2.15. The molecular weight excluding hydrogens is 234 g/mol. The average molecular weight is 246 g/mol. The summed E-state index contributed by atoms with van der Waals surface area (Å²) in [6.07, 6.45) is 3.36. The van der Waals surface area contributed by atoms with Gasteiger partial charge in [-0.15, -0.1) is 0 Å². The SMILES string of the molecule is CC(C)(C)C(=O)On1ccc(Br)c1. The first-order chi connectivity index (χ1) is 5.89. The second kappa shape index (κ2) is 3.54. The summed E-state index contributed by atoms with van der Waals surface area (Å²) in [7, 11) is 0. The van der Waals surface area contributed by atoms with E-state index in [1.54, 1.807) is 18.5 Å². The zero-order valence-electron chi connectivity index (χ0n) is 7.87. The zero-order valence-corrected chi connectivity index (χ0v) is 9.46. The van der Waals surface area contributed by atoms with Gasteiger partial charge in [0, 0.05) is 10.7 Å². The first kappa shape index (κ1) is 10.3. The first-order valence-electron chi connectivity index (χ1n) is 3.96. The lowest BCUT2D eigenvalue weighted by Crippen LogP contribution is -2.30. The van der Waals surface area contributed by atoms with Crippen molar-refractivity contribution in [3.8, 4) is 0 Å². The molecule has 13 heavy (non-hydrogen) atoms. The van der Waals surface area contributed by atoms with Crippen LogP contribution in [0.4, 0.5) is 0 Å². The third-order valence-electron chi connectivity index (χ3n) is 1.43. The van der Waals surface area contributed by atoms with Crippen LogP contribution in [0.2, 0.25) is 0 Å². The molecule has 72 valence electrons. The Bertz CT molecular complexity index is 312. The molecule has 0 atom stereocenters. The monoisotopic (exact) mass is 245 g/mol. The van der Waals surface area contributed by atoms with E-state index in [-0.39, 0.29) is 5.97 Å². The van der Waals surface area contributed by atoms with Gasteiger partial charge in [-0.25, -0.2) is 4.79 Å². The summed E-state index contributed by atoms with van der Waals surface area (Å²) in [6.45, 7) is 5.44. The number of rotatable bonds is 1. The van der Waals surface area contributed by atoms with E-state index in [0.717, 1.165) is 4.47 Å². The predicted molar refractivity (Wildman–Crippen MR) is 53.2 cm³/mol. The van der Waals surface area contributed by atoms with Crippen LogP contribution in [-0.2, 0) is 4.79 Å². The molecule has 0 aliphatic heterocycles. The van der Waals surface area contributed by atoms with E-state index in [9.17, 15) is 4.79 Å². The van der Waals surface area contributed by atoms with Gasteiger partial charge in [-0.05, 0) is 42.8 Å². The van der Waals surface area contributed by atoms with Crippen molar-refractivity contribution in [1.82, 2.24) is 4.73 Å². The van der Waals surface area contributed by atoms with Crippen LogP contribution in [0.5, 0.6) is 0 Å². The highest BCUT2D eigenvalue weighted by molar-refractivity contribution is 9.10. The number of halogens is 1. The van der Waals surface area contributed by atoms with E-state index in [1.165, 1.54) is 4.73 Å². The van der Waals surface area contributed by atoms with Gasteiger partial charge in [0.1, 0.15) is 0 Å². The number of aromatic nitrogens is 1. The summed E-state index contributed by atoms with van der Waals surface area (Å²) in [5, 5.41) is 0. The molecule has 1 heterocycles. The normalized spacial score (nSPS) is 11.4. The lowest BCUT2D eigenvalue weighted by atomic mass is 9.98. The largest absolute Gasteiger partial charge is 0.338 e. The van der Waals surface area contributed by atoms with Crippen LogP contribution in [0, 0.1) is 5.41 Å². The number of carbonyl (C=O) groups is 1. The molecule has 0 fully saturated rings. The predicted octanol–water partition coefficient (Wildman–Crippen LogP) is 2.25. The minimum Gasteiger partial charge on any atom is -0.336 e. The van der Waals surface area contributed by atoms with Gasteiger partial charge in [0.15, 0.2) is 0 Å². The van der Waals surface area contributed by atoms with Gasteiger partial charge >= 0.3 is 5.97 Å². The van der Waals surface area contributed by atoms with Crippen LogP contribution >= 0.6 is 15.9 Å². The molecule has 0 spiro atoms. The Labute approximate surface area is 85.8 Å². The maximum absolute atomic E-state index is 11.4. The maximum atomic E-state index is 11.4. The fraction of sp³-hybridized carbons (Fsp3) is 0.444. The first-order valence-corrected chi connectivity index (χ1v) is 4.75. The van der Waals surface area contributed by atoms with Crippen LogP contribution in [0.25, 0.3) is 0 Å². The molecule has 0 unspecified atom stereocenters. The molecular formula is C9H12BrNO2. The highest BCUT2D eigenvalue weighted by Gasteiger charge is 2.23. The van der Waals surface area contributed by atoms with Gasteiger partial charge in [-0.3, -0.25) is 0 Å². The number of hydrogen-bond donors (Lipinski definition) is 0. The van der Waals surface area contributed by atoms with Gasteiger partial charge in [-0.1, -0.05) is 0 Å². The summed E-state index contributed by atoms with van der Waals surface area (Å²) >= 11 is 3.26. The van der Waals surface area contributed by atoms with Gasteiger partial charge in [-0.2, -0.15) is 4.73 Å². The highest BCUT2D eigenvalue weighted by Crippen LogP contribution is 2.14. The molecule has 0 amide bonds. The summed E-state index contributed by atoms with van der Waals surface area (Å²) in [5.41, 5.74) is -0.475. The Morgan fingerprint density at radius 1 is 1.54 bits per heavy atom. The van der Waals surface area contributed by atoms with Crippen molar-refractivity contribution in [2.75, 3.05) is 0 Å². The van der Waals surface area contributed by atoms with Crippen molar-refractivity contribution >= 4 is 21.9 Å². The summed E-state index contributed by atoms with van der Waals surface area (Å²) in [5.74, 6) is -0.254. The van der Waals surface area contributed by atoms with Crippen molar-refractivity contribution in [3.63, 3.8) is 0 Å². The van der Waals surface area contributed by atoms with Gasteiger partial charge in [0.05, 0.1) is 11.6 Å². The fourth-order valence-electron chi connectivity index (χ4n) is 0.642. The second-order valence-corrected chi connectivity index (χ2v) is 4.73. The minimum atomic E-state index is -0.475. The molecule has 3 nitrogen and oxygen atoms in total. The van der Waals surface area contributed by atoms with E-state index in [0.29, 0.717) is 0 Å². The Hall–Kier alpha value is -0.770. The Kier molecular flexibility index (Phi) is 2.81. The summed E-state index contributed by atoms with van der Waals surface area (Å²) < 4.78 is 2.27. The average Bonchev–Trinajstić information content (AvgIpc) is 2.33. The van der Waals surface area contributed by atoms with E-state index < -0.39 is 5.41 Å². The van der Waals surface area contributed by atoms with Crippen LogP contribution < -0.4 is 4.84 Å². The second-order valence-electron chi connectivity index (χ2n) is 3.82. The summed E-state index contributed by atoms with van der Waals surface area (Å²) in [6, 6.07) is 1.80. The van der Waals surface area contributed by atoms with Crippen LogP contribution in [0.1, 0.15) is 20.8 Å². The number of nitrogens with zero attached hydrogens (tertiary/aromatic N) is 1. The van der Waals surface area contributed by atoms with Gasteiger partial charge < -0.3 is 4.84 Å². The van der Waals surface area contributed by atoms with Crippen molar-refractivity contribution in [3.05, 3.63) is 22.9 Å². The molecule has 0 N–H and O–H groups in total. The van der Waals surface area contributed by atoms with Crippen molar-refractivity contribution < 1.29 is 9.63 Å². The molecule has 0 aliphatic carbocycles. The van der Waals surface area contributed by atoms with Gasteiger partial charge in [0.2, 0.25) is 0 Å². The van der Waals surface area contributed by atoms with Crippen molar-refractivity contribution in [2.24, 2.45) is 5.41 Å². The quantitative estimate of drug-likeness (QED) is 0.760. The van der Waals surface area contributed by atoms with E-state index in [1.807, 2.05) is 20.8 Å². The summed E-state index contributed by atoms with van der Waals surface area (Å²) in [4.78, 5) is 16.4. The zero-order chi connectivity index (χ0) is 10.1. The van der Waals surface area contributed by atoms with E-state index in [4.69, 9.17) is 4.84 Å². The molecule has 0 aliphatic rings. The highest BCUT2D eigenvalue weighted by atomic mass is 79.9. The molecule has 1 aromatic heterocycles. The molecule has 1 aromatic rings. The Morgan fingerprint density at radius 2 is 2.15 bits per heavy atom. The number of carbonyl (C=O) groups excluding carboxylic acids is 1. The third-order valence-corrected chi connectivity index (χ3v) is 1.90. The van der Waals surface area contributed by atoms with Crippen LogP contribution in [0.15, 0.2) is 22.9 Å². The molecule has 4 heteroatoms. The van der Waals surface area contributed by atoms with E-state index in [2.05, 4.69) is 15.9 Å². The topological polar surface area (TPSA) is 31.2 Å². The molecule has 0 radical (unpaired) electrons. The van der Waals surface area contributed by atoms with Gasteiger partial charge in [0.25, 0.3) is 0 Å². The molecule has 1 rings (SSSR count).